The van der Waals surface area contributed by atoms with Crippen LogP contribution in [0.1, 0.15) is 82.3 Å². The van der Waals surface area contributed by atoms with Crippen molar-refractivity contribution in [3.63, 3.8) is 0 Å². The Morgan fingerprint density at radius 2 is 0.407 bits per heavy atom. The van der Waals surface area contributed by atoms with E-state index in [2.05, 4.69) is 453 Å². The van der Waals surface area contributed by atoms with Gasteiger partial charge in [0.05, 0.1) is 26.4 Å². The van der Waals surface area contributed by atoms with Crippen LogP contribution in [0.15, 0.2) is 381 Å². The second kappa shape index (κ2) is 73.4. The Morgan fingerprint density at radius 3 is 0.621 bits per heavy atom. The van der Waals surface area contributed by atoms with Crippen molar-refractivity contribution in [2.45, 2.75) is 114 Å². The van der Waals surface area contributed by atoms with Gasteiger partial charge >= 0.3 is 0 Å². The van der Waals surface area contributed by atoms with Crippen molar-refractivity contribution in [1.82, 2.24) is 29.4 Å². The molecule has 4 aliphatic rings. The molecule has 778 valence electrons. The van der Waals surface area contributed by atoms with E-state index >= 15 is 0 Å². The molecule has 4 saturated heterocycles. The predicted molar refractivity (Wildman–Crippen MR) is 640 cm³/mol. The summed E-state index contributed by atoms with van der Waals surface area (Å²) in [7, 11) is 6.46. The fraction of sp³-hybridized carbons (Fsp3) is 0.424. The van der Waals surface area contributed by atoms with Crippen LogP contribution in [0.5, 0.6) is 0 Å². The number of aryl methyl sites for hydroxylation is 2. The first-order valence-corrected chi connectivity index (χ1v) is 59.7. The van der Waals surface area contributed by atoms with E-state index in [1.165, 1.54) is 190 Å². The van der Waals surface area contributed by atoms with Crippen molar-refractivity contribution < 1.29 is 9.47 Å². The molecule has 0 spiro atoms. The predicted octanol–water partition coefficient (Wildman–Crippen LogP) is 27.0. The van der Waals surface area contributed by atoms with Crippen LogP contribution in [0, 0.1) is 13.8 Å². The maximum atomic E-state index is 5.47. The number of benzene rings is 12. The van der Waals surface area contributed by atoms with Crippen LogP contribution in [0.25, 0.3) is 0 Å². The monoisotopic (exact) mass is 2060 g/mol. The van der Waals surface area contributed by atoms with Crippen molar-refractivity contribution in [3.05, 3.63) is 363 Å². The normalized spacial score (nSPS) is 13.7. The molecular formula is C125H170N12O2S6. The number of anilines is 6. The van der Waals surface area contributed by atoms with Crippen molar-refractivity contribution in [2.24, 2.45) is 0 Å². The third-order valence-electron chi connectivity index (χ3n) is 26.2. The van der Waals surface area contributed by atoms with E-state index in [0.29, 0.717) is 0 Å². The lowest BCUT2D eigenvalue weighted by atomic mass is 10.2. The number of morpholine rings is 2. The average Bonchev–Trinajstić information content (AvgIpc) is 1.44. The molecule has 20 heteroatoms. The number of hydrogen-bond donors (Lipinski definition) is 0. The number of nitrogens with zero attached hydrogens (tertiary/aromatic N) is 12. The number of likely N-dealkylation sites (N-methyl/N-ethyl adjacent to an activating group) is 2. The van der Waals surface area contributed by atoms with Crippen LogP contribution in [-0.4, -0.2) is 288 Å². The molecule has 14 nitrogen and oxygen atoms in total. The lowest BCUT2D eigenvalue weighted by Gasteiger charge is -2.31. The van der Waals surface area contributed by atoms with E-state index in [9.17, 15) is 0 Å². The summed E-state index contributed by atoms with van der Waals surface area (Å²) >= 11 is 11.7. The maximum absolute atomic E-state index is 5.47. The van der Waals surface area contributed by atoms with Gasteiger partial charge in [0.15, 0.2) is 0 Å². The Morgan fingerprint density at radius 1 is 0.214 bits per heavy atom. The molecule has 12 aromatic carbocycles. The smallest absolute Gasteiger partial charge is 0.0594 e. The Labute approximate surface area is 901 Å². The standard InChI is InChI=1S/C22H30N2OS.C22H30N2S.C21H28N2OS.C21H28N2S.C20H28N2S.C19H26N2S/c1-20-8-10-21(11-9-20)24(14-13-23-15-17-25-18-16-23)12-5-19-26-22-6-3-2-4-7-22;1-20-10-12-21(13-11-20)24(18-17-23-14-5-6-15-23)16-7-19-25-22-8-3-2-4-9-22;1-3-8-20(9-4-1)23(14-13-22-15-17-24-18-16-22)12-7-19-25-21-10-5-2-6-11-21;1-3-10-20(11-4-1)23(18-17-22-14-7-8-15-22)16-9-19-24-21-12-5-2-6-13-21;1-3-21(2)16-17-22(19-11-6-4-7-12-19)15-10-18-23-20-13-8-5-9-14-20;1-20(2)15-16-21(18-10-5-3-6-11-18)14-9-17-22-19-12-7-4-8-13-19/h2-4,6-11H,5,12-19H2,1H3;2-4,8-13H,5-7,14-19H2,1H3;1-6,8-11H,7,12-19H2;1-6,10-13H,7-9,14-19H2;4-9,11-14H,3,10,15-18H2,1-2H3;3-8,10-13H,9,14-17H2,1-2H3. The third-order valence-corrected chi connectivity index (χ3v) is 32.8. The van der Waals surface area contributed by atoms with E-state index in [-0.39, 0.29) is 0 Å². The summed E-state index contributed by atoms with van der Waals surface area (Å²) in [6.45, 7) is 40.6. The van der Waals surface area contributed by atoms with Crippen LogP contribution >= 0.6 is 70.6 Å². The molecule has 0 aliphatic carbocycles. The molecule has 0 radical (unpaired) electrons. The molecule has 0 bridgehead atoms. The molecule has 0 saturated carbocycles. The summed E-state index contributed by atoms with van der Waals surface area (Å²) in [5.41, 5.74) is 10.7. The third kappa shape index (κ3) is 49.9. The molecule has 145 heavy (non-hydrogen) atoms. The zero-order chi connectivity index (χ0) is 101. The first-order chi connectivity index (χ1) is 71.5. The lowest BCUT2D eigenvalue weighted by Crippen LogP contribution is -2.41. The van der Waals surface area contributed by atoms with Gasteiger partial charge in [-0.2, -0.15) is 0 Å². The number of rotatable bonds is 55. The second-order valence-electron chi connectivity index (χ2n) is 37.7. The molecule has 12 aromatic rings. The second-order valence-corrected chi connectivity index (χ2v) is 44.7. The number of para-hydroxylation sites is 4. The molecular weight excluding hydrogens is 1890 g/mol. The summed E-state index contributed by atoms with van der Waals surface area (Å²) < 4.78 is 10.9. The fourth-order valence-corrected chi connectivity index (χ4v) is 22.7. The Hall–Kier alpha value is -8.78. The number of ether oxygens (including phenoxy) is 2. The molecule has 16 rings (SSSR count). The van der Waals surface area contributed by atoms with E-state index < -0.39 is 0 Å². The summed E-state index contributed by atoms with van der Waals surface area (Å²) in [5, 5.41) is 0. The largest absolute Gasteiger partial charge is 0.379 e. The quantitative estimate of drug-likeness (QED) is 0.0268. The summed E-state index contributed by atoms with van der Waals surface area (Å²) in [4.78, 5) is 38.3. The van der Waals surface area contributed by atoms with Crippen LogP contribution < -0.4 is 29.4 Å². The van der Waals surface area contributed by atoms with Gasteiger partial charge in [-0.3, -0.25) is 9.80 Å². The minimum absolute atomic E-state index is 0.873. The van der Waals surface area contributed by atoms with Gasteiger partial charge in [-0.1, -0.05) is 224 Å². The minimum Gasteiger partial charge on any atom is -0.379 e. The van der Waals surface area contributed by atoms with Crippen molar-refractivity contribution in [2.75, 3.05) is 288 Å². The number of likely N-dealkylation sites (tertiary alicyclic amines) is 2. The lowest BCUT2D eigenvalue weighted by molar-refractivity contribution is 0.0391. The van der Waals surface area contributed by atoms with Crippen LogP contribution in [0.4, 0.5) is 34.1 Å². The van der Waals surface area contributed by atoms with Gasteiger partial charge in [-0.05, 0) is 312 Å². The maximum Gasteiger partial charge on any atom is 0.0594 e. The SMILES string of the molecule is CCN(C)CCN(CCCSc1ccccc1)c1ccccc1.CN(C)CCN(CCCSc1ccccc1)c1ccccc1.Cc1ccc(N(CCCSc2ccccc2)CCN2CCCC2)cc1.Cc1ccc(N(CCCSc2ccccc2)CCN2CCOCC2)cc1.c1ccc(SCCCN(CCN2CCCC2)c2ccccc2)cc1.c1ccc(SCCCN(CCN2CCOCC2)c2ccccc2)cc1. The highest BCUT2D eigenvalue weighted by molar-refractivity contribution is 8.00. The molecule has 0 aromatic heterocycles. The molecule has 0 atom stereocenters. The van der Waals surface area contributed by atoms with Crippen LogP contribution in [0.3, 0.4) is 0 Å². The van der Waals surface area contributed by atoms with Crippen LogP contribution in [-0.2, 0) is 9.47 Å². The van der Waals surface area contributed by atoms with Crippen LogP contribution in [0.2, 0.25) is 0 Å². The van der Waals surface area contributed by atoms with Gasteiger partial charge in [0.2, 0.25) is 0 Å². The first-order valence-electron chi connectivity index (χ1n) is 53.8. The van der Waals surface area contributed by atoms with E-state index in [1.807, 2.05) is 70.6 Å². The molecule has 0 amide bonds. The number of hydrogen-bond acceptors (Lipinski definition) is 20. The summed E-state index contributed by atoms with van der Waals surface area (Å²) in [6, 6.07) is 125. The highest BCUT2D eigenvalue weighted by Crippen LogP contribution is 2.29. The van der Waals surface area contributed by atoms with E-state index in [4.69, 9.17) is 9.47 Å². The topological polar surface area (TPSA) is 57.3 Å². The molecule has 4 fully saturated rings. The average molecular weight is 2070 g/mol. The van der Waals surface area contributed by atoms with Gasteiger partial charge in [0.1, 0.15) is 0 Å². The highest BCUT2D eigenvalue weighted by Gasteiger charge is 2.20. The van der Waals surface area contributed by atoms with Crippen molar-refractivity contribution >= 4 is 105 Å². The summed E-state index contributed by atoms with van der Waals surface area (Å²) in [6.07, 6.45) is 12.7. The molecule has 4 heterocycles. The van der Waals surface area contributed by atoms with Gasteiger partial charge in [-0.15, -0.1) is 70.6 Å². The molecule has 0 N–H and O–H groups in total. The fourth-order valence-electron chi connectivity index (χ4n) is 17.5. The van der Waals surface area contributed by atoms with Gasteiger partial charge in [0, 0.05) is 207 Å². The zero-order valence-electron chi connectivity index (χ0n) is 88.4. The Kier molecular flexibility index (Phi) is 58.9. The minimum atomic E-state index is 0.873. The van der Waals surface area contributed by atoms with E-state index in [0.717, 1.165) is 187 Å². The van der Waals surface area contributed by atoms with E-state index in [1.54, 1.807) is 0 Å². The van der Waals surface area contributed by atoms with Gasteiger partial charge in [-0.25, -0.2) is 0 Å². The first kappa shape index (κ1) is 116. The van der Waals surface area contributed by atoms with Crippen molar-refractivity contribution in [3.8, 4) is 0 Å². The highest BCUT2D eigenvalue weighted by atomic mass is 32.2. The summed E-state index contributed by atoms with van der Waals surface area (Å²) in [5.74, 6) is 6.99. The van der Waals surface area contributed by atoms with Gasteiger partial charge in [0.25, 0.3) is 0 Å². The van der Waals surface area contributed by atoms with Gasteiger partial charge < -0.3 is 58.5 Å². The number of thioether (sulfide) groups is 6. The zero-order valence-corrected chi connectivity index (χ0v) is 93.3. The van der Waals surface area contributed by atoms with Crippen molar-refractivity contribution in [1.29, 1.82) is 0 Å². The Bertz CT molecular complexity index is 5100. The Balaban J connectivity index is 0.000000166. The molecule has 4 aliphatic heterocycles. The molecule has 0 unspecified atom stereocenters.